The number of halogens is 2. The number of hydrogen-bond donors (Lipinski definition) is 1. The molecule has 1 aliphatic rings. The van der Waals surface area contributed by atoms with Gasteiger partial charge in [-0.2, -0.15) is 0 Å². The van der Waals surface area contributed by atoms with E-state index in [-0.39, 0.29) is 12.3 Å². The van der Waals surface area contributed by atoms with Crippen LogP contribution in [0, 0.1) is 0 Å². The molecule has 0 fully saturated rings. The molecule has 0 spiro atoms. The monoisotopic (exact) mass is 401 g/mol. The summed E-state index contributed by atoms with van der Waals surface area (Å²) in [4.78, 5) is 0. The van der Waals surface area contributed by atoms with E-state index in [0.29, 0.717) is 29.8 Å². The lowest BCUT2D eigenvalue weighted by Gasteiger charge is -2.27. The predicted molar refractivity (Wildman–Crippen MR) is 109 cm³/mol. The van der Waals surface area contributed by atoms with E-state index in [1.165, 1.54) is 0 Å². The van der Waals surface area contributed by atoms with Crippen LogP contribution in [-0.4, -0.2) is 38.5 Å². The summed E-state index contributed by atoms with van der Waals surface area (Å²) < 4.78 is 17.0. The zero-order chi connectivity index (χ0) is 19.2. The molecule has 2 atom stereocenters. The van der Waals surface area contributed by atoms with E-state index in [9.17, 15) is 0 Å². The molecule has 1 heterocycles. The van der Waals surface area contributed by atoms with Gasteiger partial charge in [0.1, 0.15) is 18.1 Å². The number of rotatable bonds is 10. The maximum absolute atomic E-state index is 6.14. The lowest BCUT2D eigenvalue weighted by molar-refractivity contribution is -0.0443. The SMILES string of the molecule is CCC(OC(/C=C\CCl)=C(/C)Cl)C(NCC1=C/C=C/OCCC=C1)OC. The molecule has 1 rings (SSSR count). The van der Waals surface area contributed by atoms with Gasteiger partial charge in [-0.3, -0.25) is 5.32 Å². The highest BCUT2D eigenvalue weighted by Gasteiger charge is 2.22. The summed E-state index contributed by atoms with van der Waals surface area (Å²) >= 11 is 11.8. The lowest BCUT2D eigenvalue weighted by Crippen LogP contribution is -2.43. The van der Waals surface area contributed by atoms with Gasteiger partial charge < -0.3 is 14.2 Å². The van der Waals surface area contributed by atoms with Crippen molar-refractivity contribution < 1.29 is 14.2 Å². The summed E-state index contributed by atoms with van der Waals surface area (Å²) in [5, 5.41) is 3.98. The van der Waals surface area contributed by atoms with Crippen LogP contribution in [0.4, 0.5) is 0 Å². The van der Waals surface area contributed by atoms with E-state index in [1.807, 2.05) is 19.1 Å². The molecule has 26 heavy (non-hydrogen) atoms. The molecule has 0 aromatic heterocycles. The predicted octanol–water partition coefficient (Wildman–Crippen LogP) is 5.03. The number of nitrogens with one attached hydrogen (secondary N) is 1. The highest BCUT2D eigenvalue weighted by molar-refractivity contribution is 6.29. The normalized spacial score (nSPS) is 19.5. The average Bonchev–Trinajstić information content (AvgIpc) is 2.77. The van der Waals surface area contributed by atoms with Crippen molar-refractivity contribution in [2.75, 3.05) is 26.1 Å². The first-order valence-corrected chi connectivity index (χ1v) is 9.69. The van der Waals surface area contributed by atoms with Gasteiger partial charge in [-0.1, -0.05) is 42.8 Å². The van der Waals surface area contributed by atoms with Crippen LogP contribution in [0.5, 0.6) is 0 Å². The van der Waals surface area contributed by atoms with Gasteiger partial charge in [0.25, 0.3) is 0 Å². The first kappa shape index (κ1) is 22.8. The minimum Gasteiger partial charge on any atom is -0.501 e. The van der Waals surface area contributed by atoms with Crippen molar-refractivity contribution in [1.82, 2.24) is 5.32 Å². The van der Waals surface area contributed by atoms with Crippen molar-refractivity contribution >= 4 is 23.2 Å². The average molecular weight is 402 g/mol. The van der Waals surface area contributed by atoms with Crippen LogP contribution in [0.1, 0.15) is 26.7 Å². The largest absolute Gasteiger partial charge is 0.501 e. The van der Waals surface area contributed by atoms with Gasteiger partial charge in [0.2, 0.25) is 0 Å². The summed E-state index contributed by atoms with van der Waals surface area (Å²) in [7, 11) is 1.66. The Morgan fingerprint density at radius 3 is 2.92 bits per heavy atom. The molecule has 0 saturated carbocycles. The van der Waals surface area contributed by atoms with Crippen molar-refractivity contribution in [2.45, 2.75) is 39.0 Å². The first-order chi connectivity index (χ1) is 12.6. The smallest absolute Gasteiger partial charge is 0.145 e. The minimum atomic E-state index is -0.280. The second kappa shape index (κ2) is 13.9. The van der Waals surface area contributed by atoms with Gasteiger partial charge >= 0.3 is 0 Å². The lowest BCUT2D eigenvalue weighted by atomic mass is 10.2. The fourth-order valence-electron chi connectivity index (χ4n) is 2.32. The van der Waals surface area contributed by atoms with Crippen LogP contribution in [0.15, 0.2) is 59.1 Å². The van der Waals surface area contributed by atoms with Gasteiger partial charge in [-0.05, 0) is 37.5 Å². The Morgan fingerprint density at radius 2 is 2.27 bits per heavy atom. The Labute approximate surface area is 167 Å². The Morgan fingerprint density at radius 1 is 1.46 bits per heavy atom. The van der Waals surface area contributed by atoms with Gasteiger partial charge in [-0.25, -0.2) is 0 Å². The standard InChI is InChI=1S/C20H29Cl2NO3/c1-4-18(26-19(16(2)22)11-7-12-21)20(24-3)23-15-17-9-5-6-13-25-14-8-10-17/h5,7-11,14,18,20,23H,4,6,12-13,15H2,1-3H3/b9-5?,11-7-,14-8+,17-10?,19-16-. The molecule has 0 bridgehead atoms. The Hall–Kier alpha value is -1.20. The zero-order valence-electron chi connectivity index (χ0n) is 15.7. The van der Waals surface area contributed by atoms with Gasteiger partial charge in [0.15, 0.2) is 0 Å². The van der Waals surface area contributed by atoms with Crippen molar-refractivity contribution in [2.24, 2.45) is 0 Å². The number of hydrogen-bond acceptors (Lipinski definition) is 4. The molecule has 0 aromatic rings. The highest BCUT2D eigenvalue weighted by atomic mass is 35.5. The van der Waals surface area contributed by atoms with Crippen molar-refractivity contribution in [3.05, 3.63) is 59.1 Å². The van der Waals surface area contributed by atoms with E-state index < -0.39 is 0 Å². The first-order valence-electron chi connectivity index (χ1n) is 8.77. The van der Waals surface area contributed by atoms with Crippen molar-refractivity contribution in [3.63, 3.8) is 0 Å². The molecular formula is C20H29Cl2NO3. The maximum Gasteiger partial charge on any atom is 0.145 e. The van der Waals surface area contributed by atoms with E-state index in [2.05, 4.69) is 17.5 Å². The molecule has 1 aliphatic heterocycles. The third-order valence-electron chi connectivity index (χ3n) is 3.70. The van der Waals surface area contributed by atoms with Crippen LogP contribution in [0.2, 0.25) is 0 Å². The van der Waals surface area contributed by atoms with Crippen molar-refractivity contribution in [3.8, 4) is 0 Å². The summed E-state index contributed by atoms with van der Waals surface area (Å²) in [6.07, 6.45) is 14.6. The van der Waals surface area contributed by atoms with E-state index in [4.69, 9.17) is 37.4 Å². The second-order valence-electron chi connectivity index (χ2n) is 5.69. The zero-order valence-corrected chi connectivity index (χ0v) is 17.2. The Kier molecular flexibility index (Phi) is 12.2. The Balaban J connectivity index is 2.75. The molecule has 146 valence electrons. The molecule has 4 nitrogen and oxygen atoms in total. The summed E-state index contributed by atoms with van der Waals surface area (Å²) in [6.45, 7) is 5.18. The quantitative estimate of drug-likeness (QED) is 0.241. The van der Waals surface area contributed by atoms with Crippen LogP contribution in [0.3, 0.4) is 0 Å². The molecule has 2 unspecified atom stereocenters. The summed E-state index contributed by atoms with van der Waals surface area (Å²) in [6, 6.07) is 0. The molecule has 6 heteroatoms. The molecule has 0 aliphatic carbocycles. The van der Waals surface area contributed by atoms with Crippen molar-refractivity contribution in [1.29, 1.82) is 0 Å². The number of methoxy groups -OCH3 is 1. The van der Waals surface area contributed by atoms with E-state index in [0.717, 1.165) is 18.4 Å². The van der Waals surface area contributed by atoms with Crippen LogP contribution >= 0.6 is 23.2 Å². The number of allylic oxidation sites excluding steroid dienone is 5. The molecule has 1 N–H and O–H groups in total. The van der Waals surface area contributed by atoms with Crippen LogP contribution in [0.25, 0.3) is 0 Å². The fraction of sp³-hybridized carbons (Fsp3) is 0.500. The van der Waals surface area contributed by atoms with E-state index in [1.54, 1.807) is 32.4 Å². The molecular weight excluding hydrogens is 373 g/mol. The molecule has 0 amide bonds. The van der Waals surface area contributed by atoms with Crippen LogP contribution < -0.4 is 5.32 Å². The van der Waals surface area contributed by atoms with Gasteiger partial charge in [0.05, 0.1) is 17.9 Å². The van der Waals surface area contributed by atoms with Crippen LogP contribution in [-0.2, 0) is 14.2 Å². The molecule has 0 aromatic carbocycles. The third-order valence-corrected chi connectivity index (χ3v) is 4.06. The number of alkyl halides is 1. The molecule has 0 saturated heterocycles. The second-order valence-corrected chi connectivity index (χ2v) is 6.56. The fourth-order valence-corrected chi connectivity index (χ4v) is 2.52. The highest BCUT2D eigenvalue weighted by Crippen LogP contribution is 2.18. The topological polar surface area (TPSA) is 39.7 Å². The molecule has 0 radical (unpaired) electrons. The third kappa shape index (κ3) is 8.95. The minimum absolute atomic E-state index is 0.191. The summed E-state index contributed by atoms with van der Waals surface area (Å²) in [5.41, 5.74) is 1.13. The van der Waals surface area contributed by atoms with Gasteiger partial charge in [0, 0.05) is 19.5 Å². The summed E-state index contributed by atoms with van der Waals surface area (Å²) in [5.74, 6) is 1.00. The number of ether oxygens (including phenoxy) is 3. The van der Waals surface area contributed by atoms with Gasteiger partial charge in [-0.15, -0.1) is 11.6 Å². The maximum atomic E-state index is 6.14. The Bertz CT molecular complexity index is 549. The van der Waals surface area contributed by atoms with E-state index >= 15 is 0 Å².